The average Bonchev–Trinajstić information content (AvgIpc) is 3.25. The minimum Gasteiger partial charge on any atom is -0.322 e. The fourth-order valence-electron chi connectivity index (χ4n) is 6.13. The van der Waals surface area contributed by atoms with Crippen molar-refractivity contribution in [3.63, 3.8) is 0 Å². The number of fused-ring (bicyclic) bond motifs is 4. The Kier molecular flexibility index (Phi) is 4.99. The van der Waals surface area contributed by atoms with Gasteiger partial charge in [0, 0.05) is 44.9 Å². The lowest BCUT2D eigenvalue weighted by Crippen LogP contribution is -2.26. The Hall–Kier alpha value is -4.90. The molecule has 0 radical (unpaired) electrons. The normalized spacial score (nSPS) is 19.0. The highest BCUT2D eigenvalue weighted by Gasteiger charge is 2.54. The van der Waals surface area contributed by atoms with Gasteiger partial charge in [0.05, 0.1) is 11.7 Å². The van der Waals surface area contributed by atoms with Crippen LogP contribution in [-0.2, 0) is 0 Å². The molecule has 0 amide bonds. The van der Waals surface area contributed by atoms with E-state index < -0.39 is 12.0 Å². The van der Waals surface area contributed by atoms with Crippen LogP contribution < -0.4 is 11.1 Å². The first-order chi connectivity index (χ1) is 19.9. The molecule has 41 heavy (non-hydrogen) atoms. The largest absolute Gasteiger partial charge is 0.322 e. The van der Waals surface area contributed by atoms with E-state index in [2.05, 4.69) is 30.5 Å². The Balaban J connectivity index is 1.21. The van der Waals surface area contributed by atoms with Gasteiger partial charge in [-0.2, -0.15) is 9.07 Å². The van der Waals surface area contributed by atoms with Crippen molar-refractivity contribution in [3.8, 4) is 28.1 Å². The lowest BCUT2D eigenvalue weighted by Gasteiger charge is -2.17. The predicted molar refractivity (Wildman–Crippen MR) is 150 cm³/mol. The number of aromatic amines is 2. The highest BCUT2D eigenvalue weighted by molar-refractivity contribution is 6.31. The van der Waals surface area contributed by atoms with Crippen molar-refractivity contribution in [1.29, 1.82) is 0 Å². The molecule has 10 nitrogen and oxygen atoms in total. The number of aryl methyl sites for hydroxylation is 1. The maximum atomic E-state index is 15.3. The number of hydrogen-bond acceptors (Lipinski definition) is 6. The van der Waals surface area contributed by atoms with Gasteiger partial charge in [-0.15, -0.1) is 5.10 Å². The van der Waals surface area contributed by atoms with Gasteiger partial charge in [-0.1, -0.05) is 17.7 Å². The summed E-state index contributed by atoms with van der Waals surface area (Å²) in [5.74, 6) is 0.147. The molecule has 2 aliphatic rings. The van der Waals surface area contributed by atoms with Gasteiger partial charge < -0.3 is 14.5 Å². The second kappa shape index (κ2) is 8.55. The van der Waals surface area contributed by atoms with E-state index in [1.807, 2.05) is 6.07 Å². The summed E-state index contributed by atoms with van der Waals surface area (Å²) in [7, 11) is 0. The molecule has 0 spiro atoms. The zero-order valence-electron chi connectivity index (χ0n) is 21.5. The minimum atomic E-state index is -0.569. The maximum absolute atomic E-state index is 15.3. The SMILES string of the molecule is Cc1cc2cc(-c3nc(C4C5CC5c5cc(-c6cc(Cl)ccc6-n6cnnn6)cc(=O)n54)[nH]c3F)ccc2[nH]c1=O. The Morgan fingerprint density at radius 2 is 1.90 bits per heavy atom. The van der Waals surface area contributed by atoms with E-state index >= 15 is 4.39 Å². The van der Waals surface area contributed by atoms with E-state index in [1.165, 1.54) is 11.0 Å². The van der Waals surface area contributed by atoms with Crippen molar-refractivity contribution >= 4 is 22.5 Å². The summed E-state index contributed by atoms with van der Waals surface area (Å²) in [6.07, 6.45) is 2.36. The summed E-state index contributed by atoms with van der Waals surface area (Å²) < 4.78 is 18.6. The lowest BCUT2D eigenvalue weighted by molar-refractivity contribution is 0.504. The minimum absolute atomic E-state index is 0.138. The van der Waals surface area contributed by atoms with Crippen molar-refractivity contribution in [3.05, 3.63) is 110 Å². The summed E-state index contributed by atoms with van der Waals surface area (Å²) in [5.41, 5.74) is 4.62. The zero-order chi connectivity index (χ0) is 28.0. The van der Waals surface area contributed by atoms with E-state index in [0.29, 0.717) is 38.7 Å². The molecule has 3 unspecified atom stereocenters. The topological polar surface area (TPSA) is 127 Å². The first-order valence-corrected chi connectivity index (χ1v) is 13.4. The number of halogens is 2. The molecule has 4 aromatic heterocycles. The summed E-state index contributed by atoms with van der Waals surface area (Å²) in [6.45, 7) is 1.73. The highest BCUT2D eigenvalue weighted by Crippen LogP contribution is 2.60. The third-order valence-electron chi connectivity index (χ3n) is 8.13. The Bertz CT molecular complexity index is 2150. The van der Waals surface area contributed by atoms with E-state index in [4.69, 9.17) is 11.6 Å². The molecule has 5 heterocycles. The molecule has 3 atom stereocenters. The summed E-state index contributed by atoms with van der Waals surface area (Å²) >= 11 is 6.33. The van der Waals surface area contributed by atoms with E-state index in [0.717, 1.165) is 23.1 Å². The van der Waals surface area contributed by atoms with Gasteiger partial charge in [-0.3, -0.25) is 9.59 Å². The van der Waals surface area contributed by atoms with Gasteiger partial charge in [0.25, 0.3) is 11.1 Å². The molecule has 2 N–H and O–H groups in total. The fraction of sp³-hybridized carbons (Fsp3) is 0.172. The van der Waals surface area contributed by atoms with Gasteiger partial charge in [-0.05, 0) is 83.1 Å². The van der Waals surface area contributed by atoms with Crippen LogP contribution in [0.3, 0.4) is 0 Å². The molecule has 1 fully saturated rings. The quantitative estimate of drug-likeness (QED) is 0.323. The molecule has 0 bridgehead atoms. The summed E-state index contributed by atoms with van der Waals surface area (Å²) in [4.78, 5) is 35.9. The van der Waals surface area contributed by atoms with E-state index in [1.54, 1.807) is 60.0 Å². The molecule has 202 valence electrons. The van der Waals surface area contributed by atoms with Crippen LogP contribution in [0.15, 0.2) is 70.5 Å². The number of nitrogens with zero attached hydrogens (tertiary/aromatic N) is 6. The standard InChI is InChI=1S/C29H20ClFN8O2/c1-13-6-16-7-14(2-4-21(16)33-29(13)41)25-27(31)35-28(34-25)26-20-11-19(20)23-8-15(9-24(40)39(23)26)18-10-17(30)3-5-22(18)38-12-32-36-37-38/h2-10,12,19-20,26H,11H2,1H3,(H,33,41)(H,34,35). The zero-order valence-corrected chi connectivity index (χ0v) is 22.2. The molecule has 2 aromatic carbocycles. The van der Waals surface area contributed by atoms with Gasteiger partial charge >= 0.3 is 0 Å². The number of hydrogen-bond donors (Lipinski definition) is 2. The number of tetrazole rings is 1. The molecule has 8 rings (SSSR count). The number of benzene rings is 2. The Labute approximate surface area is 235 Å². The fourth-order valence-corrected chi connectivity index (χ4v) is 6.31. The second-order valence-electron chi connectivity index (χ2n) is 10.6. The van der Waals surface area contributed by atoms with Crippen molar-refractivity contribution in [1.82, 2.24) is 39.7 Å². The van der Waals surface area contributed by atoms with Crippen LogP contribution in [0.1, 0.15) is 35.5 Å². The number of pyridine rings is 2. The molecule has 1 aliphatic carbocycles. The van der Waals surface area contributed by atoms with Gasteiger partial charge in [0.15, 0.2) is 0 Å². The number of imidazole rings is 1. The van der Waals surface area contributed by atoms with Crippen LogP contribution in [0.5, 0.6) is 0 Å². The number of nitrogens with one attached hydrogen (secondary N) is 2. The molecule has 1 aliphatic heterocycles. The molecule has 12 heteroatoms. The van der Waals surface area contributed by atoms with Crippen LogP contribution in [-0.4, -0.2) is 39.7 Å². The van der Waals surface area contributed by atoms with E-state index in [-0.39, 0.29) is 28.6 Å². The summed E-state index contributed by atoms with van der Waals surface area (Å²) in [5, 5.41) is 12.7. The first-order valence-electron chi connectivity index (χ1n) is 13.0. The van der Waals surface area contributed by atoms with Crippen molar-refractivity contribution in [2.24, 2.45) is 5.92 Å². The number of rotatable bonds is 4. The Morgan fingerprint density at radius 3 is 2.73 bits per heavy atom. The number of aromatic nitrogens is 8. The van der Waals surface area contributed by atoms with E-state index in [9.17, 15) is 9.59 Å². The van der Waals surface area contributed by atoms with Crippen LogP contribution in [0.4, 0.5) is 4.39 Å². The van der Waals surface area contributed by atoms with Crippen molar-refractivity contribution in [2.75, 3.05) is 0 Å². The monoisotopic (exact) mass is 566 g/mol. The van der Waals surface area contributed by atoms with Crippen LogP contribution in [0.25, 0.3) is 39.0 Å². The van der Waals surface area contributed by atoms with Crippen LogP contribution >= 0.6 is 11.6 Å². The lowest BCUT2D eigenvalue weighted by atomic mass is 10.0. The van der Waals surface area contributed by atoms with Crippen LogP contribution in [0.2, 0.25) is 5.02 Å². The second-order valence-corrected chi connectivity index (χ2v) is 11.0. The first kappa shape index (κ1) is 23.9. The average molecular weight is 567 g/mol. The third kappa shape index (κ3) is 3.69. The molecule has 1 saturated carbocycles. The smallest absolute Gasteiger partial charge is 0.252 e. The van der Waals surface area contributed by atoms with Gasteiger partial charge in [0.2, 0.25) is 5.95 Å². The highest BCUT2D eigenvalue weighted by atomic mass is 35.5. The predicted octanol–water partition coefficient (Wildman–Crippen LogP) is 4.53. The molecule has 0 saturated heterocycles. The number of H-pyrrole nitrogens is 2. The molecular weight excluding hydrogens is 547 g/mol. The molecular formula is C29H20ClFN8O2. The Morgan fingerprint density at radius 1 is 1.02 bits per heavy atom. The maximum Gasteiger partial charge on any atom is 0.252 e. The third-order valence-corrected chi connectivity index (χ3v) is 8.36. The van der Waals surface area contributed by atoms with Crippen molar-refractivity contribution < 1.29 is 4.39 Å². The van der Waals surface area contributed by atoms with Crippen LogP contribution in [0, 0.1) is 18.8 Å². The van der Waals surface area contributed by atoms with Crippen molar-refractivity contribution in [2.45, 2.75) is 25.3 Å². The van der Waals surface area contributed by atoms with Gasteiger partial charge in [0.1, 0.15) is 17.8 Å². The van der Waals surface area contributed by atoms with Gasteiger partial charge in [-0.25, -0.2) is 4.98 Å². The summed E-state index contributed by atoms with van der Waals surface area (Å²) in [6, 6.07) is 15.5. The molecule has 6 aromatic rings.